The van der Waals surface area contributed by atoms with Crippen molar-refractivity contribution in [3.63, 3.8) is 0 Å². The fourth-order valence-corrected chi connectivity index (χ4v) is 3.42. The molecular weight excluding hydrogens is 346 g/mol. The molecule has 0 fully saturated rings. The normalized spacial score (nSPS) is 11.4. The van der Waals surface area contributed by atoms with Crippen LogP contribution < -0.4 is 5.73 Å². The fraction of sp³-hybridized carbons (Fsp3) is 0.188. The van der Waals surface area contributed by atoms with Crippen molar-refractivity contribution in [2.45, 2.75) is 13.1 Å². The van der Waals surface area contributed by atoms with Gasteiger partial charge in [-0.2, -0.15) is 0 Å². The van der Waals surface area contributed by atoms with Crippen LogP contribution in [0.15, 0.2) is 46.9 Å². The van der Waals surface area contributed by atoms with E-state index in [2.05, 4.69) is 69.3 Å². The van der Waals surface area contributed by atoms with Crippen LogP contribution in [0.4, 0.5) is 5.13 Å². The van der Waals surface area contributed by atoms with Crippen molar-refractivity contribution in [1.82, 2.24) is 9.88 Å². The summed E-state index contributed by atoms with van der Waals surface area (Å²) in [4.78, 5) is 6.59. The first-order valence-corrected chi connectivity index (χ1v) is 8.29. The van der Waals surface area contributed by atoms with Gasteiger partial charge in [0, 0.05) is 17.6 Å². The average molecular weight is 362 g/mol. The van der Waals surface area contributed by atoms with Gasteiger partial charge >= 0.3 is 0 Å². The second-order valence-corrected chi connectivity index (χ2v) is 7.13. The molecule has 0 atom stereocenters. The first-order chi connectivity index (χ1) is 10.1. The number of anilines is 1. The summed E-state index contributed by atoms with van der Waals surface area (Å²) in [6.45, 7) is 1.83. The van der Waals surface area contributed by atoms with Crippen molar-refractivity contribution in [2.24, 2.45) is 0 Å². The molecule has 0 aliphatic heterocycles. The molecule has 0 aliphatic rings. The largest absolute Gasteiger partial charge is 0.375 e. The predicted molar refractivity (Wildman–Crippen MR) is 93.3 cm³/mol. The molecule has 1 heterocycles. The Morgan fingerprint density at radius 3 is 2.52 bits per heavy atom. The second kappa shape index (κ2) is 6.13. The molecule has 2 N–H and O–H groups in total. The Kier molecular flexibility index (Phi) is 4.24. The summed E-state index contributed by atoms with van der Waals surface area (Å²) >= 11 is 5.00. The molecule has 108 valence electrons. The van der Waals surface area contributed by atoms with Gasteiger partial charge in [-0.3, -0.25) is 4.90 Å². The summed E-state index contributed by atoms with van der Waals surface area (Å²) in [5.74, 6) is 0. The SMILES string of the molecule is CN(Cc1ccc(Br)cc1)Cc1ccc2nc(N)sc2c1. The van der Waals surface area contributed by atoms with E-state index < -0.39 is 0 Å². The van der Waals surface area contributed by atoms with Crippen LogP contribution in [0.1, 0.15) is 11.1 Å². The van der Waals surface area contributed by atoms with Crippen molar-refractivity contribution in [3.05, 3.63) is 58.1 Å². The molecule has 5 heteroatoms. The summed E-state index contributed by atoms with van der Waals surface area (Å²) in [5.41, 5.74) is 9.32. The van der Waals surface area contributed by atoms with Gasteiger partial charge < -0.3 is 5.73 Å². The lowest BCUT2D eigenvalue weighted by molar-refractivity contribution is 0.319. The maximum Gasteiger partial charge on any atom is 0.181 e. The molecule has 21 heavy (non-hydrogen) atoms. The van der Waals surface area contributed by atoms with Crippen LogP contribution in [-0.2, 0) is 13.1 Å². The van der Waals surface area contributed by atoms with Crippen molar-refractivity contribution in [3.8, 4) is 0 Å². The number of benzene rings is 2. The zero-order valence-corrected chi connectivity index (χ0v) is 14.1. The summed E-state index contributed by atoms with van der Waals surface area (Å²) in [6, 6.07) is 14.8. The highest BCUT2D eigenvalue weighted by molar-refractivity contribution is 9.10. The minimum Gasteiger partial charge on any atom is -0.375 e. The Hall–Kier alpha value is -1.43. The minimum absolute atomic E-state index is 0.630. The molecule has 2 aromatic carbocycles. The topological polar surface area (TPSA) is 42.2 Å². The number of aromatic nitrogens is 1. The lowest BCUT2D eigenvalue weighted by Crippen LogP contribution is -2.17. The Balaban J connectivity index is 1.70. The number of nitrogens with zero attached hydrogens (tertiary/aromatic N) is 2. The number of hydrogen-bond donors (Lipinski definition) is 1. The Labute approximate surface area is 136 Å². The number of fused-ring (bicyclic) bond motifs is 1. The molecule has 0 bridgehead atoms. The minimum atomic E-state index is 0.630. The molecule has 0 radical (unpaired) electrons. The number of nitrogen functional groups attached to an aromatic ring is 1. The zero-order chi connectivity index (χ0) is 14.8. The predicted octanol–water partition coefficient (Wildman–Crippen LogP) is 4.27. The molecule has 0 amide bonds. The van der Waals surface area contributed by atoms with E-state index in [4.69, 9.17) is 5.73 Å². The van der Waals surface area contributed by atoms with Crippen LogP contribution in [0.3, 0.4) is 0 Å². The third-order valence-corrected chi connectivity index (χ3v) is 4.66. The molecular formula is C16H16BrN3S. The molecule has 3 aromatic rings. The molecule has 0 unspecified atom stereocenters. The van der Waals surface area contributed by atoms with E-state index in [9.17, 15) is 0 Å². The first kappa shape index (κ1) is 14.5. The Morgan fingerprint density at radius 1 is 1.10 bits per heavy atom. The molecule has 0 saturated carbocycles. The molecule has 0 saturated heterocycles. The van der Waals surface area contributed by atoms with Gasteiger partial charge in [0.2, 0.25) is 0 Å². The molecule has 0 aliphatic carbocycles. The van der Waals surface area contributed by atoms with E-state index >= 15 is 0 Å². The monoisotopic (exact) mass is 361 g/mol. The van der Waals surface area contributed by atoms with Crippen LogP contribution in [0.5, 0.6) is 0 Å². The van der Waals surface area contributed by atoms with Gasteiger partial charge in [0.15, 0.2) is 5.13 Å². The van der Waals surface area contributed by atoms with Crippen LogP contribution in [0.25, 0.3) is 10.2 Å². The first-order valence-electron chi connectivity index (χ1n) is 6.68. The number of hydrogen-bond acceptors (Lipinski definition) is 4. The van der Waals surface area contributed by atoms with E-state index in [-0.39, 0.29) is 0 Å². The molecule has 1 aromatic heterocycles. The van der Waals surface area contributed by atoms with Gasteiger partial charge in [0.05, 0.1) is 10.2 Å². The van der Waals surface area contributed by atoms with Crippen LogP contribution in [0.2, 0.25) is 0 Å². The van der Waals surface area contributed by atoms with Gasteiger partial charge in [0.25, 0.3) is 0 Å². The van der Waals surface area contributed by atoms with Crippen LogP contribution in [-0.4, -0.2) is 16.9 Å². The molecule has 3 rings (SSSR count). The highest BCUT2D eigenvalue weighted by atomic mass is 79.9. The molecule has 3 nitrogen and oxygen atoms in total. The van der Waals surface area contributed by atoms with Crippen molar-refractivity contribution < 1.29 is 0 Å². The highest BCUT2D eigenvalue weighted by Crippen LogP contribution is 2.25. The average Bonchev–Trinajstić information content (AvgIpc) is 2.80. The second-order valence-electron chi connectivity index (χ2n) is 5.15. The van der Waals surface area contributed by atoms with Gasteiger partial charge in [-0.25, -0.2) is 4.98 Å². The van der Waals surface area contributed by atoms with Gasteiger partial charge in [-0.05, 0) is 42.4 Å². The zero-order valence-electron chi connectivity index (χ0n) is 11.7. The van der Waals surface area contributed by atoms with E-state index in [1.54, 1.807) is 11.3 Å². The fourth-order valence-electron chi connectivity index (χ4n) is 2.35. The quantitative estimate of drug-likeness (QED) is 0.754. The molecule has 0 spiro atoms. The summed E-state index contributed by atoms with van der Waals surface area (Å²) in [7, 11) is 2.13. The Morgan fingerprint density at radius 2 is 1.76 bits per heavy atom. The maximum absolute atomic E-state index is 5.75. The van der Waals surface area contributed by atoms with Crippen LogP contribution in [0, 0.1) is 0 Å². The smallest absolute Gasteiger partial charge is 0.181 e. The van der Waals surface area contributed by atoms with Crippen molar-refractivity contribution in [2.75, 3.05) is 12.8 Å². The van der Waals surface area contributed by atoms with Gasteiger partial charge in [-0.1, -0.05) is 45.5 Å². The summed E-state index contributed by atoms with van der Waals surface area (Å²) < 4.78 is 2.27. The van der Waals surface area contributed by atoms with Gasteiger partial charge in [-0.15, -0.1) is 0 Å². The van der Waals surface area contributed by atoms with E-state index in [1.807, 2.05) is 6.07 Å². The third-order valence-electron chi connectivity index (χ3n) is 3.29. The lowest BCUT2D eigenvalue weighted by atomic mass is 10.2. The summed E-state index contributed by atoms with van der Waals surface area (Å²) in [6.07, 6.45) is 0. The standard InChI is InChI=1S/C16H16BrN3S/c1-20(9-11-2-5-13(17)6-3-11)10-12-4-7-14-15(8-12)21-16(18)19-14/h2-8H,9-10H2,1H3,(H2,18,19). The van der Waals surface area contributed by atoms with Crippen molar-refractivity contribution >= 4 is 42.6 Å². The van der Waals surface area contributed by atoms with E-state index in [1.165, 1.54) is 11.1 Å². The third kappa shape index (κ3) is 3.61. The number of nitrogens with two attached hydrogens (primary N) is 1. The van der Waals surface area contributed by atoms with E-state index in [0.717, 1.165) is 27.8 Å². The number of rotatable bonds is 4. The van der Waals surface area contributed by atoms with Gasteiger partial charge in [0.1, 0.15) is 0 Å². The summed E-state index contributed by atoms with van der Waals surface area (Å²) in [5, 5.41) is 0.630. The number of thiazole rings is 1. The Bertz CT molecular complexity index is 752. The van der Waals surface area contributed by atoms with Crippen LogP contribution >= 0.6 is 27.3 Å². The maximum atomic E-state index is 5.75. The lowest BCUT2D eigenvalue weighted by Gasteiger charge is -2.17. The van der Waals surface area contributed by atoms with Crippen molar-refractivity contribution in [1.29, 1.82) is 0 Å². The van der Waals surface area contributed by atoms with E-state index in [0.29, 0.717) is 5.13 Å². The number of halogens is 1. The highest BCUT2D eigenvalue weighted by Gasteiger charge is 2.05.